The highest BCUT2D eigenvalue weighted by molar-refractivity contribution is 5.81. The molecule has 1 aromatic carbocycles. The molecule has 3 N–H and O–H groups in total. The number of aryl methyl sites for hydroxylation is 1. The first-order chi connectivity index (χ1) is 9.72. The highest BCUT2D eigenvalue weighted by Crippen LogP contribution is 2.11. The Morgan fingerprint density at radius 3 is 3.05 bits per heavy atom. The van der Waals surface area contributed by atoms with Crippen LogP contribution in [-0.4, -0.2) is 28.0 Å². The summed E-state index contributed by atoms with van der Waals surface area (Å²) in [4.78, 5) is 16.0. The number of fused-ring (bicyclic) bond motifs is 1. The summed E-state index contributed by atoms with van der Waals surface area (Å²) in [6.07, 6.45) is 4.37. The molecule has 1 amide bonds. The van der Waals surface area contributed by atoms with E-state index in [4.69, 9.17) is 5.73 Å². The van der Waals surface area contributed by atoms with E-state index in [9.17, 15) is 4.79 Å². The molecular weight excluding hydrogens is 252 g/mol. The average molecular weight is 274 g/mol. The van der Waals surface area contributed by atoms with Crippen LogP contribution in [0.15, 0.2) is 30.6 Å². The zero-order chi connectivity index (χ0) is 14.4. The molecule has 2 rings (SSSR count). The van der Waals surface area contributed by atoms with Crippen molar-refractivity contribution in [2.75, 3.05) is 6.54 Å². The standard InChI is InChI=1S/C15H22N4O/c1-2-6-12(16)15(20)17-9-5-10-19-11-18-13-7-3-4-8-14(13)19/h3-4,7-8,11-12H,2,5-6,9-10,16H2,1H3,(H,17,20)/t12-/m0/s1. The Labute approximate surface area is 119 Å². The van der Waals surface area contributed by atoms with E-state index in [1.54, 1.807) is 0 Å². The lowest BCUT2D eigenvalue weighted by Gasteiger charge is -2.11. The number of carbonyl (C=O) groups excluding carboxylic acids is 1. The summed E-state index contributed by atoms with van der Waals surface area (Å²) in [5, 5.41) is 2.88. The second-order valence-corrected chi connectivity index (χ2v) is 4.97. The fraction of sp³-hybridized carbons (Fsp3) is 0.467. The van der Waals surface area contributed by atoms with Crippen LogP contribution in [0.1, 0.15) is 26.2 Å². The van der Waals surface area contributed by atoms with E-state index in [1.165, 1.54) is 0 Å². The Morgan fingerprint density at radius 2 is 2.25 bits per heavy atom. The molecule has 0 aliphatic heterocycles. The van der Waals surface area contributed by atoms with Crippen LogP contribution in [0, 0.1) is 0 Å². The number of rotatable bonds is 7. The van der Waals surface area contributed by atoms with Gasteiger partial charge in [0.2, 0.25) is 5.91 Å². The molecule has 2 aromatic rings. The maximum atomic E-state index is 11.7. The summed E-state index contributed by atoms with van der Waals surface area (Å²) in [5.74, 6) is -0.0534. The number of hydrogen-bond donors (Lipinski definition) is 2. The second-order valence-electron chi connectivity index (χ2n) is 4.97. The molecule has 108 valence electrons. The number of nitrogens with one attached hydrogen (secondary N) is 1. The Kier molecular flexibility index (Phi) is 5.12. The third-order valence-electron chi connectivity index (χ3n) is 3.34. The van der Waals surface area contributed by atoms with Gasteiger partial charge >= 0.3 is 0 Å². The lowest BCUT2D eigenvalue weighted by Crippen LogP contribution is -2.40. The van der Waals surface area contributed by atoms with Crippen LogP contribution < -0.4 is 11.1 Å². The third-order valence-corrected chi connectivity index (χ3v) is 3.34. The predicted molar refractivity (Wildman–Crippen MR) is 80.2 cm³/mol. The summed E-state index contributed by atoms with van der Waals surface area (Å²) in [7, 11) is 0. The summed E-state index contributed by atoms with van der Waals surface area (Å²) in [6, 6.07) is 7.66. The van der Waals surface area contributed by atoms with Gasteiger partial charge in [-0.25, -0.2) is 4.98 Å². The van der Waals surface area contributed by atoms with Crippen LogP contribution in [0.3, 0.4) is 0 Å². The normalized spacial score (nSPS) is 12.5. The van der Waals surface area contributed by atoms with Gasteiger partial charge in [-0.3, -0.25) is 4.79 Å². The van der Waals surface area contributed by atoms with E-state index >= 15 is 0 Å². The number of hydrogen-bond acceptors (Lipinski definition) is 3. The average Bonchev–Trinajstić information content (AvgIpc) is 2.87. The summed E-state index contributed by atoms with van der Waals surface area (Å²) >= 11 is 0. The topological polar surface area (TPSA) is 72.9 Å². The summed E-state index contributed by atoms with van der Waals surface area (Å²) < 4.78 is 2.10. The minimum atomic E-state index is -0.380. The van der Waals surface area contributed by atoms with Gasteiger partial charge in [0.05, 0.1) is 23.4 Å². The fourth-order valence-corrected chi connectivity index (χ4v) is 2.22. The van der Waals surface area contributed by atoms with Crippen molar-refractivity contribution in [1.82, 2.24) is 14.9 Å². The van der Waals surface area contributed by atoms with Gasteiger partial charge in [-0.15, -0.1) is 0 Å². The molecule has 1 aromatic heterocycles. The van der Waals surface area contributed by atoms with Gasteiger partial charge in [-0.05, 0) is 25.0 Å². The first-order valence-electron chi connectivity index (χ1n) is 7.15. The molecule has 0 aliphatic carbocycles. The van der Waals surface area contributed by atoms with Gasteiger partial charge in [-0.1, -0.05) is 25.5 Å². The number of aromatic nitrogens is 2. The van der Waals surface area contributed by atoms with Crippen molar-refractivity contribution in [3.63, 3.8) is 0 Å². The van der Waals surface area contributed by atoms with E-state index in [1.807, 2.05) is 31.5 Å². The first-order valence-corrected chi connectivity index (χ1v) is 7.15. The molecule has 0 spiro atoms. The molecule has 0 aliphatic rings. The molecule has 20 heavy (non-hydrogen) atoms. The van der Waals surface area contributed by atoms with E-state index in [-0.39, 0.29) is 11.9 Å². The molecule has 0 saturated heterocycles. The second kappa shape index (κ2) is 7.05. The number of imidazole rings is 1. The minimum Gasteiger partial charge on any atom is -0.355 e. The largest absolute Gasteiger partial charge is 0.355 e. The number of carbonyl (C=O) groups is 1. The zero-order valence-corrected chi connectivity index (χ0v) is 11.9. The van der Waals surface area contributed by atoms with E-state index in [2.05, 4.69) is 20.9 Å². The number of para-hydroxylation sites is 2. The predicted octanol–water partition coefficient (Wildman–Crippen LogP) is 1.67. The van der Waals surface area contributed by atoms with Crippen molar-refractivity contribution < 1.29 is 4.79 Å². The van der Waals surface area contributed by atoms with Crippen LogP contribution >= 0.6 is 0 Å². The maximum absolute atomic E-state index is 11.7. The molecule has 5 heteroatoms. The van der Waals surface area contributed by atoms with Crippen LogP contribution in [0.4, 0.5) is 0 Å². The Hall–Kier alpha value is -1.88. The number of nitrogens with zero attached hydrogens (tertiary/aromatic N) is 2. The number of amides is 1. The van der Waals surface area contributed by atoms with Crippen LogP contribution in [-0.2, 0) is 11.3 Å². The van der Waals surface area contributed by atoms with Gasteiger partial charge in [0.15, 0.2) is 0 Å². The molecule has 0 saturated carbocycles. The maximum Gasteiger partial charge on any atom is 0.236 e. The third kappa shape index (κ3) is 3.57. The number of benzene rings is 1. The smallest absolute Gasteiger partial charge is 0.236 e. The Bertz CT molecular complexity index is 564. The molecule has 0 bridgehead atoms. The van der Waals surface area contributed by atoms with Crippen molar-refractivity contribution in [3.05, 3.63) is 30.6 Å². The van der Waals surface area contributed by atoms with Crippen molar-refractivity contribution >= 4 is 16.9 Å². The van der Waals surface area contributed by atoms with Gasteiger partial charge in [-0.2, -0.15) is 0 Å². The van der Waals surface area contributed by atoms with Crippen molar-refractivity contribution in [3.8, 4) is 0 Å². The van der Waals surface area contributed by atoms with Crippen LogP contribution in [0.25, 0.3) is 11.0 Å². The Balaban J connectivity index is 1.77. The first kappa shape index (κ1) is 14.5. The van der Waals surface area contributed by atoms with Gasteiger partial charge in [0.1, 0.15) is 0 Å². The van der Waals surface area contributed by atoms with Crippen molar-refractivity contribution in [2.45, 2.75) is 38.8 Å². The molecule has 0 radical (unpaired) electrons. The molecule has 0 unspecified atom stereocenters. The highest BCUT2D eigenvalue weighted by atomic mass is 16.2. The van der Waals surface area contributed by atoms with Gasteiger partial charge < -0.3 is 15.6 Å². The molecule has 0 fully saturated rings. The Morgan fingerprint density at radius 1 is 1.45 bits per heavy atom. The quantitative estimate of drug-likeness (QED) is 0.754. The summed E-state index contributed by atoms with van der Waals surface area (Å²) in [5.41, 5.74) is 7.88. The van der Waals surface area contributed by atoms with Crippen LogP contribution in [0.5, 0.6) is 0 Å². The SMILES string of the molecule is CCC[C@H](N)C(=O)NCCCn1cnc2ccccc21. The summed E-state index contributed by atoms with van der Waals surface area (Å²) in [6.45, 7) is 3.50. The molecule has 1 heterocycles. The fourth-order valence-electron chi connectivity index (χ4n) is 2.22. The lowest BCUT2D eigenvalue weighted by molar-refractivity contribution is -0.122. The molecule has 1 atom stereocenters. The van der Waals surface area contributed by atoms with Crippen LogP contribution in [0.2, 0.25) is 0 Å². The highest BCUT2D eigenvalue weighted by Gasteiger charge is 2.10. The van der Waals surface area contributed by atoms with E-state index in [0.29, 0.717) is 6.54 Å². The van der Waals surface area contributed by atoms with Crippen molar-refractivity contribution in [2.24, 2.45) is 5.73 Å². The molecule has 5 nitrogen and oxygen atoms in total. The van der Waals surface area contributed by atoms with E-state index < -0.39 is 0 Å². The van der Waals surface area contributed by atoms with E-state index in [0.717, 1.165) is 36.8 Å². The molecular formula is C15H22N4O. The zero-order valence-electron chi connectivity index (χ0n) is 11.9. The lowest BCUT2D eigenvalue weighted by atomic mass is 10.2. The number of nitrogens with two attached hydrogens (primary N) is 1. The minimum absolute atomic E-state index is 0.0534. The monoisotopic (exact) mass is 274 g/mol. The van der Waals surface area contributed by atoms with Gasteiger partial charge in [0, 0.05) is 13.1 Å². The van der Waals surface area contributed by atoms with Gasteiger partial charge in [0.25, 0.3) is 0 Å². The van der Waals surface area contributed by atoms with Crippen molar-refractivity contribution in [1.29, 1.82) is 0 Å².